The van der Waals surface area contributed by atoms with Crippen molar-refractivity contribution in [1.29, 1.82) is 0 Å². The maximum atomic E-state index is 13.1. The van der Waals surface area contributed by atoms with Crippen molar-refractivity contribution < 1.29 is 9.13 Å². The monoisotopic (exact) mass is 233 g/mol. The molecule has 0 spiro atoms. The summed E-state index contributed by atoms with van der Waals surface area (Å²) in [6.45, 7) is 0.263. The second-order valence-corrected chi connectivity index (χ2v) is 3.20. The smallest absolute Gasteiger partial charge is 0.166 e. The van der Waals surface area contributed by atoms with Gasteiger partial charge < -0.3 is 10.5 Å². The van der Waals surface area contributed by atoms with Gasteiger partial charge >= 0.3 is 0 Å². The van der Waals surface area contributed by atoms with Crippen LogP contribution >= 0.6 is 15.9 Å². The molecule has 0 saturated heterocycles. The zero-order valence-corrected chi connectivity index (χ0v) is 8.19. The zero-order valence-electron chi connectivity index (χ0n) is 6.60. The molecule has 2 N–H and O–H groups in total. The highest BCUT2D eigenvalue weighted by Crippen LogP contribution is 2.26. The molecule has 0 heterocycles. The van der Waals surface area contributed by atoms with Gasteiger partial charge in [0.15, 0.2) is 11.6 Å². The summed E-state index contributed by atoms with van der Waals surface area (Å²) in [4.78, 5) is 0. The first-order valence-corrected chi connectivity index (χ1v) is 4.20. The van der Waals surface area contributed by atoms with Crippen LogP contribution in [0.5, 0.6) is 5.75 Å². The summed E-state index contributed by atoms with van der Waals surface area (Å²) in [7, 11) is 1.42. The van der Waals surface area contributed by atoms with E-state index in [1.54, 1.807) is 6.07 Å². The minimum atomic E-state index is -0.396. The van der Waals surface area contributed by atoms with Gasteiger partial charge in [-0.3, -0.25) is 0 Å². The van der Waals surface area contributed by atoms with Crippen LogP contribution in [-0.2, 0) is 6.54 Å². The van der Waals surface area contributed by atoms with Crippen LogP contribution in [0.2, 0.25) is 0 Å². The maximum absolute atomic E-state index is 13.1. The first kappa shape index (κ1) is 9.48. The van der Waals surface area contributed by atoms with E-state index in [1.165, 1.54) is 13.2 Å². The number of hydrogen-bond donors (Lipinski definition) is 1. The summed E-state index contributed by atoms with van der Waals surface area (Å²) in [5, 5.41) is 0. The molecule has 0 unspecified atom stereocenters. The molecule has 0 fully saturated rings. The molecule has 0 atom stereocenters. The zero-order chi connectivity index (χ0) is 9.14. The Kier molecular flexibility index (Phi) is 3.05. The van der Waals surface area contributed by atoms with Crippen LogP contribution in [0, 0.1) is 5.82 Å². The molecule has 0 radical (unpaired) electrons. The number of rotatable bonds is 2. The minimum Gasteiger partial charge on any atom is -0.493 e. The third-order valence-corrected chi connectivity index (χ3v) is 1.97. The number of halogens is 2. The summed E-state index contributed by atoms with van der Waals surface area (Å²) in [6.07, 6.45) is 0. The molecule has 1 aromatic rings. The molecule has 1 aromatic carbocycles. The van der Waals surface area contributed by atoms with Gasteiger partial charge in [-0.25, -0.2) is 4.39 Å². The first-order valence-electron chi connectivity index (χ1n) is 3.41. The summed E-state index contributed by atoms with van der Waals surface area (Å²) >= 11 is 3.17. The van der Waals surface area contributed by atoms with Crippen LogP contribution < -0.4 is 10.5 Å². The van der Waals surface area contributed by atoms with Crippen molar-refractivity contribution in [3.05, 3.63) is 28.0 Å². The Labute approximate surface area is 78.6 Å². The van der Waals surface area contributed by atoms with Crippen molar-refractivity contribution in [2.45, 2.75) is 6.54 Å². The summed E-state index contributed by atoms with van der Waals surface area (Å²) < 4.78 is 18.6. The average molecular weight is 234 g/mol. The molecule has 12 heavy (non-hydrogen) atoms. The lowest BCUT2D eigenvalue weighted by Gasteiger charge is -2.07. The maximum Gasteiger partial charge on any atom is 0.166 e. The summed E-state index contributed by atoms with van der Waals surface area (Å²) in [6, 6.07) is 3.08. The van der Waals surface area contributed by atoms with Gasteiger partial charge in [-0.15, -0.1) is 0 Å². The van der Waals surface area contributed by atoms with Crippen LogP contribution in [0.4, 0.5) is 4.39 Å². The molecule has 0 saturated carbocycles. The number of ether oxygens (including phenoxy) is 1. The molecule has 1 rings (SSSR count). The third kappa shape index (κ3) is 1.76. The predicted octanol–water partition coefficient (Wildman–Crippen LogP) is 2.06. The number of nitrogens with two attached hydrogens (primary N) is 1. The van der Waals surface area contributed by atoms with E-state index >= 15 is 0 Å². The largest absolute Gasteiger partial charge is 0.493 e. The molecule has 0 aliphatic rings. The predicted molar refractivity (Wildman–Crippen MR) is 48.5 cm³/mol. The lowest BCUT2D eigenvalue weighted by atomic mass is 10.2. The second-order valence-electron chi connectivity index (χ2n) is 2.28. The number of methoxy groups -OCH3 is 1. The van der Waals surface area contributed by atoms with Gasteiger partial charge in [-0.2, -0.15) is 0 Å². The van der Waals surface area contributed by atoms with Gasteiger partial charge in [-0.1, -0.05) is 15.9 Å². The first-order chi connectivity index (χ1) is 5.69. The third-order valence-electron chi connectivity index (χ3n) is 1.51. The van der Waals surface area contributed by atoms with E-state index in [0.717, 1.165) is 0 Å². The molecule has 0 aliphatic carbocycles. The number of hydrogen-bond acceptors (Lipinski definition) is 2. The Bertz CT molecular complexity index is 291. The highest BCUT2D eigenvalue weighted by Gasteiger charge is 2.08. The Hall–Kier alpha value is -0.610. The molecule has 0 bridgehead atoms. The topological polar surface area (TPSA) is 35.2 Å². The van der Waals surface area contributed by atoms with E-state index in [0.29, 0.717) is 10.0 Å². The van der Waals surface area contributed by atoms with Crippen molar-refractivity contribution in [3.8, 4) is 5.75 Å². The van der Waals surface area contributed by atoms with Gasteiger partial charge in [0.2, 0.25) is 0 Å². The molecular formula is C8H9BrFNO. The Morgan fingerprint density at radius 1 is 1.58 bits per heavy atom. The fraction of sp³-hybridized carbons (Fsp3) is 0.250. The van der Waals surface area contributed by atoms with E-state index < -0.39 is 5.82 Å². The van der Waals surface area contributed by atoms with E-state index in [2.05, 4.69) is 15.9 Å². The SMILES string of the molecule is COc1c(F)cc(Br)cc1CN. The number of benzene rings is 1. The molecule has 0 aliphatic heterocycles. The Morgan fingerprint density at radius 3 is 2.75 bits per heavy atom. The van der Waals surface area contributed by atoms with Gasteiger partial charge in [0.1, 0.15) is 0 Å². The van der Waals surface area contributed by atoms with E-state index in [1.807, 2.05) is 0 Å². The minimum absolute atomic E-state index is 0.223. The van der Waals surface area contributed by atoms with E-state index in [-0.39, 0.29) is 12.3 Å². The van der Waals surface area contributed by atoms with Crippen molar-refractivity contribution in [2.75, 3.05) is 7.11 Å². The van der Waals surface area contributed by atoms with Crippen LogP contribution in [-0.4, -0.2) is 7.11 Å². The quantitative estimate of drug-likeness (QED) is 0.849. The van der Waals surface area contributed by atoms with Crippen LogP contribution in [0.15, 0.2) is 16.6 Å². The molecular weight excluding hydrogens is 225 g/mol. The van der Waals surface area contributed by atoms with Crippen molar-refractivity contribution in [3.63, 3.8) is 0 Å². The van der Waals surface area contributed by atoms with E-state index in [9.17, 15) is 4.39 Å². The highest BCUT2D eigenvalue weighted by molar-refractivity contribution is 9.10. The molecule has 66 valence electrons. The van der Waals surface area contributed by atoms with Gasteiger partial charge in [-0.05, 0) is 12.1 Å². The lowest BCUT2D eigenvalue weighted by Crippen LogP contribution is -2.01. The van der Waals surface area contributed by atoms with Crippen LogP contribution in [0.1, 0.15) is 5.56 Å². The lowest BCUT2D eigenvalue weighted by molar-refractivity contribution is 0.381. The molecule has 0 aromatic heterocycles. The molecule has 0 amide bonds. The standard InChI is InChI=1S/C8H9BrFNO/c1-12-8-5(4-11)2-6(9)3-7(8)10/h2-3H,4,11H2,1H3. The Morgan fingerprint density at radius 2 is 2.25 bits per heavy atom. The van der Waals surface area contributed by atoms with Crippen LogP contribution in [0.25, 0.3) is 0 Å². The highest BCUT2D eigenvalue weighted by atomic mass is 79.9. The Balaban J connectivity index is 3.24. The average Bonchev–Trinajstić information content (AvgIpc) is 2.03. The molecule has 2 nitrogen and oxygen atoms in total. The van der Waals surface area contributed by atoms with Crippen molar-refractivity contribution in [2.24, 2.45) is 5.73 Å². The fourth-order valence-corrected chi connectivity index (χ4v) is 1.47. The van der Waals surface area contributed by atoms with E-state index in [4.69, 9.17) is 10.5 Å². The van der Waals surface area contributed by atoms with Gasteiger partial charge in [0.25, 0.3) is 0 Å². The normalized spacial score (nSPS) is 10.0. The van der Waals surface area contributed by atoms with Crippen molar-refractivity contribution >= 4 is 15.9 Å². The van der Waals surface area contributed by atoms with Gasteiger partial charge in [0, 0.05) is 16.6 Å². The van der Waals surface area contributed by atoms with Crippen LogP contribution in [0.3, 0.4) is 0 Å². The van der Waals surface area contributed by atoms with Crippen molar-refractivity contribution in [1.82, 2.24) is 0 Å². The second kappa shape index (κ2) is 3.87. The fourth-order valence-electron chi connectivity index (χ4n) is 0.994. The summed E-state index contributed by atoms with van der Waals surface area (Å²) in [5.41, 5.74) is 6.05. The summed E-state index contributed by atoms with van der Waals surface area (Å²) in [5.74, 6) is -0.173. The molecule has 4 heteroatoms. The van der Waals surface area contributed by atoms with Gasteiger partial charge in [0.05, 0.1) is 7.11 Å².